The summed E-state index contributed by atoms with van der Waals surface area (Å²) in [6, 6.07) is 0. The number of likely N-dealkylation sites (tertiary alicyclic amines) is 1. The maximum Gasteiger partial charge on any atom is 0.225 e. The van der Waals surface area contributed by atoms with Gasteiger partial charge in [0.15, 0.2) is 0 Å². The number of rotatable bonds is 5. The summed E-state index contributed by atoms with van der Waals surface area (Å²) in [6.07, 6.45) is 9.74. The number of carbonyl (C=O) groups excluding carboxylic acids is 1. The highest BCUT2D eigenvalue weighted by Crippen LogP contribution is 2.34. The first-order valence-corrected chi connectivity index (χ1v) is 8.79. The molecule has 1 aliphatic heterocycles. The summed E-state index contributed by atoms with van der Waals surface area (Å²) < 4.78 is 0. The molecule has 0 aromatic rings. The number of aliphatic hydroxyl groups is 1. The number of carbonyl (C=O) groups is 1. The Morgan fingerprint density at radius 1 is 1.19 bits per heavy atom. The van der Waals surface area contributed by atoms with Crippen molar-refractivity contribution in [2.45, 2.75) is 70.8 Å². The van der Waals surface area contributed by atoms with Gasteiger partial charge >= 0.3 is 0 Å². The highest BCUT2D eigenvalue weighted by atomic mass is 16.3. The standard InChI is InChI=1S/C17H32N2O2/c1-17(9-4-2-3-5-10-17)16(21)18-11-6-12-19-13-7-15(20)8-14-19/h15,20H,2-14H2,1H3,(H,18,21). The van der Waals surface area contributed by atoms with Crippen molar-refractivity contribution in [2.75, 3.05) is 26.2 Å². The number of nitrogens with one attached hydrogen (secondary N) is 1. The van der Waals surface area contributed by atoms with Crippen LogP contribution in [0.1, 0.15) is 64.7 Å². The molecule has 0 aromatic carbocycles. The molecule has 2 rings (SSSR count). The van der Waals surface area contributed by atoms with E-state index in [1.165, 1.54) is 25.7 Å². The molecule has 0 aromatic heterocycles. The molecule has 0 unspecified atom stereocenters. The molecule has 2 aliphatic rings. The van der Waals surface area contributed by atoms with Gasteiger partial charge in [-0.15, -0.1) is 0 Å². The first-order valence-electron chi connectivity index (χ1n) is 8.79. The fraction of sp³-hybridized carbons (Fsp3) is 0.941. The maximum atomic E-state index is 12.4. The molecule has 21 heavy (non-hydrogen) atoms. The third-order valence-electron chi connectivity index (χ3n) is 5.25. The largest absolute Gasteiger partial charge is 0.393 e. The van der Waals surface area contributed by atoms with E-state index in [4.69, 9.17) is 0 Å². The van der Waals surface area contributed by atoms with Crippen molar-refractivity contribution in [1.29, 1.82) is 0 Å². The fourth-order valence-electron chi connectivity index (χ4n) is 3.60. The van der Waals surface area contributed by atoms with Crippen LogP contribution >= 0.6 is 0 Å². The zero-order valence-corrected chi connectivity index (χ0v) is 13.6. The van der Waals surface area contributed by atoms with Crippen molar-refractivity contribution >= 4 is 5.91 Å². The summed E-state index contributed by atoms with van der Waals surface area (Å²) >= 11 is 0. The second-order valence-corrected chi connectivity index (χ2v) is 7.16. The van der Waals surface area contributed by atoms with E-state index >= 15 is 0 Å². The summed E-state index contributed by atoms with van der Waals surface area (Å²) in [6.45, 7) is 5.94. The van der Waals surface area contributed by atoms with E-state index in [-0.39, 0.29) is 17.4 Å². The number of hydrogen-bond donors (Lipinski definition) is 2. The smallest absolute Gasteiger partial charge is 0.225 e. The van der Waals surface area contributed by atoms with Gasteiger partial charge in [0.1, 0.15) is 0 Å². The van der Waals surface area contributed by atoms with E-state index in [0.29, 0.717) is 0 Å². The Kier molecular flexibility index (Phi) is 6.49. The third-order valence-corrected chi connectivity index (χ3v) is 5.25. The molecule has 1 heterocycles. The summed E-state index contributed by atoms with van der Waals surface area (Å²) in [5.41, 5.74) is -0.133. The van der Waals surface area contributed by atoms with Crippen LogP contribution in [0.4, 0.5) is 0 Å². The molecule has 0 bridgehead atoms. The Morgan fingerprint density at radius 3 is 2.43 bits per heavy atom. The minimum absolute atomic E-state index is 0.101. The molecule has 2 N–H and O–H groups in total. The lowest BCUT2D eigenvalue weighted by atomic mass is 9.81. The molecule has 4 heteroatoms. The molecule has 1 saturated heterocycles. The molecule has 1 aliphatic carbocycles. The quantitative estimate of drug-likeness (QED) is 0.605. The van der Waals surface area contributed by atoms with E-state index in [1.807, 2.05) is 0 Å². The van der Waals surface area contributed by atoms with Crippen molar-refractivity contribution in [1.82, 2.24) is 10.2 Å². The number of hydrogen-bond acceptors (Lipinski definition) is 3. The third kappa shape index (κ3) is 5.26. The summed E-state index contributed by atoms with van der Waals surface area (Å²) in [5, 5.41) is 12.6. The van der Waals surface area contributed by atoms with Crippen molar-refractivity contribution in [3.63, 3.8) is 0 Å². The predicted octanol–water partition coefficient (Wildman–Crippen LogP) is 2.31. The monoisotopic (exact) mass is 296 g/mol. The molecule has 2 fully saturated rings. The van der Waals surface area contributed by atoms with Gasteiger partial charge in [-0.25, -0.2) is 0 Å². The van der Waals surface area contributed by atoms with Gasteiger partial charge in [0.05, 0.1) is 6.10 Å². The Labute approximate surface area is 129 Å². The SMILES string of the molecule is CC1(C(=O)NCCCN2CCC(O)CC2)CCCCCC1. The number of aliphatic hydroxyl groups excluding tert-OH is 1. The molecule has 122 valence electrons. The summed E-state index contributed by atoms with van der Waals surface area (Å²) in [4.78, 5) is 14.8. The van der Waals surface area contributed by atoms with E-state index in [9.17, 15) is 9.90 Å². The van der Waals surface area contributed by atoms with Gasteiger partial charge in [0.2, 0.25) is 5.91 Å². The average Bonchev–Trinajstić information content (AvgIpc) is 2.71. The lowest BCUT2D eigenvalue weighted by Gasteiger charge is -2.30. The highest BCUT2D eigenvalue weighted by Gasteiger charge is 2.33. The second-order valence-electron chi connectivity index (χ2n) is 7.16. The molecule has 0 spiro atoms. The van der Waals surface area contributed by atoms with Crippen LogP contribution in [0.15, 0.2) is 0 Å². The minimum Gasteiger partial charge on any atom is -0.393 e. The minimum atomic E-state index is -0.133. The number of piperidine rings is 1. The van der Waals surface area contributed by atoms with E-state index in [1.54, 1.807) is 0 Å². The normalized spacial score (nSPS) is 24.5. The lowest BCUT2D eigenvalue weighted by Crippen LogP contribution is -2.41. The van der Waals surface area contributed by atoms with Crippen LogP contribution in [0, 0.1) is 5.41 Å². The molecule has 0 atom stereocenters. The predicted molar refractivity (Wildman–Crippen MR) is 85.1 cm³/mol. The molecular weight excluding hydrogens is 264 g/mol. The van der Waals surface area contributed by atoms with Crippen LogP contribution in [0.3, 0.4) is 0 Å². The van der Waals surface area contributed by atoms with Gasteiger partial charge in [-0.3, -0.25) is 4.79 Å². The van der Waals surface area contributed by atoms with Crippen molar-refractivity contribution in [3.8, 4) is 0 Å². The van der Waals surface area contributed by atoms with Gasteiger partial charge in [-0.05, 0) is 38.6 Å². The van der Waals surface area contributed by atoms with Gasteiger partial charge in [0, 0.05) is 25.0 Å². The molecule has 0 radical (unpaired) electrons. The number of nitrogens with zero attached hydrogens (tertiary/aromatic N) is 1. The average molecular weight is 296 g/mol. The summed E-state index contributed by atoms with van der Waals surface area (Å²) in [7, 11) is 0. The fourth-order valence-corrected chi connectivity index (χ4v) is 3.60. The van der Waals surface area contributed by atoms with Gasteiger partial charge in [-0.1, -0.05) is 32.6 Å². The Hall–Kier alpha value is -0.610. The van der Waals surface area contributed by atoms with Crippen LogP contribution in [-0.4, -0.2) is 48.2 Å². The molecule has 1 amide bonds. The van der Waals surface area contributed by atoms with Crippen LogP contribution in [0.2, 0.25) is 0 Å². The number of amides is 1. The van der Waals surface area contributed by atoms with Gasteiger partial charge in [0.25, 0.3) is 0 Å². The van der Waals surface area contributed by atoms with Gasteiger partial charge < -0.3 is 15.3 Å². The zero-order valence-electron chi connectivity index (χ0n) is 13.6. The first kappa shape index (κ1) is 16.8. The van der Waals surface area contributed by atoms with Crippen molar-refractivity contribution in [3.05, 3.63) is 0 Å². The van der Waals surface area contributed by atoms with Crippen LogP contribution in [0.5, 0.6) is 0 Å². The van der Waals surface area contributed by atoms with Crippen LogP contribution in [-0.2, 0) is 4.79 Å². The molecular formula is C17H32N2O2. The summed E-state index contributed by atoms with van der Waals surface area (Å²) in [5.74, 6) is 0.262. The van der Waals surface area contributed by atoms with E-state index in [0.717, 1.165) is 58.3 Å². The van der Waals surface area contributed by atoms with Crippen molar-refractivity contribution in [2.24, 2.45) is 5.41 Å². The van der Waals surface area contributed by atoms with Crippen LogP contribution < -0.4 is 5.32 Å². The lowest BCUT2D eigenvalue weighted by molar-refractivity contribution is -0.130. The van der Waals surface area contributed by atoms with Gasteiger partial charge in [-0.2, -0.15) is 0 Å². The zero-order chi connectivity index (χ0) is 15.1. The van der Waals surface area contributed by atoms with Crippen molar-refractivity contribution < 1.29 is 9.90 Å². The van der Waals surface area contributed by atoms with Crippen LogP contribution in [0.25, 0.3) is 0 Å². The molecule has 1 saturated carbocycles. The second kappa shape index (κ2) is 8.14. The topological polar surface area (TPSA) is 52.6 Å². The first-order chi connectivity index (χ1) is 10.1. The Morgan fingerprint density at radius 2 is 1.81 bits per heavy atom. The maximum absolute atomic E-state index is 12.4. The molecule has 4 nitrogen and oxygen atoms in total. The van der Waals surface area contributed by atoms with E-state index < -0.39 is 0 Å². The Bertz CT molecular complexity index is 317. The highest BCUT2D eigenvalue weighted by molar-refractivity contribution is 5.82. The Balaban J connectivity index is 1.62. The van der Waals surface area contributed by atoms with E-state index in [2.05, 4.69) is 17.1 Å².